The lowest BCUT2D eigenvalue weighted by Crippen LogP contribution is -2.37. The van der Waals surface area contributed by atoms with Gasteiger partial charge in [-0.2, -0.15) is 0 Å². The van der Waals surface area contributed by atoms with Crippen LogP contribution in [0.1, 0.15) is 27.2 Å². The summed E-state index contributed by atoms with van der Waals surface area (Å²) in [6.07, 6.45) is 0.427. The molecule has 120 valence electrons. The van der Waals surface area contributed by atoms with E-state index in [2.05, 4.69) is 15.5 Å². The van der Waals surface area contributed by atoms with Gasteiger partial charge in [0.2, 0.25) is 5.88 Å². The summed E-state index contributed by atoms with van der Waals surface area (Å²) in [5.74, 6) is -0.213. The monoisotopic (exact) mass is 308 g/mol. The Bertz CT molecular complexity index is 560. The number of hydrogen-bond donors (Lipinski definition) is 2. The molecule has 1 unspecified atom stereocenters. The SMILES string of the molecule is CC(C)Oc1ccc(NC(=O)N2CCC(C)(C(=O)O)C2)nn1. The average molecular weight is 308 g/mol. The average Bonchev–Trinajstić information content (AvgIpc) is 2.85. The Kier molecular flexibility index (Phi) is 4.48. The lowest BCUT2D eigenvalue weighted by molar-refractivity contribution is -0.146. The number of rotatable bonds is 4. The van der Waals surface area contributed by atoms with Gasteiger partial charge in [0.25, 0.3) is 0 Å². The number of urea groups is 1. The van der Waals surface area contributed by atoms with Gasteiger partial charge in [0.1, 0.15) is 0 Å². The van der Waals surface area contributed by atoms with Crippen molar-refractivity contribution in [2.45, 2.75) is 33.3 Å². The summed E-state index contributed by atoms with van der Waals surface area (Å²) in [7, 11) is 0. The lowest BCUT2D eigenvalue weighted by atomic mass is 9.90. The van der Waals surface area contributed by atoms with E-state index in [-0.39, 0.29) is 18.7 Å². The van der Waals surface area contributed by atoms with Crippen LogP contribution in [0.4, 0.5) is 10.6 Å². The van der Waals surface area contributed by atoms with E-state index in [1.165, 1.54) is 4.90 Å². The summed E-state index contributed by atoms with van der Waals surface area (Å²) in [6.45, 7) is 5.97. The second kappa shape index (κ2) is 6.17. The number of carboxylic acids is 1. The molecule has 0 saturated carbocycles. The standard InChI is InChI=1S/C14H20N4O4/c1-9(2)22-11-5-4-10(16-17-11)15-13(21)18-7-6-14(3,8-18)12(19)20/h4-5,9H,6-8H2,1-3H3,(H,19,20)(H,15,16,21). The van der Waals surface area contributed by atoms with E-state index in [0.29, 0.717) is 24.7 Å². The molecule has 0 bridgehead atoms. The highest BCUT2D eigenvalue weighted by molar-refractivity contribution is 5.89. The maximum absolute atomic E-state index is 12.1. The molecule has 0 spiro atoms. The van der Waals surface area contributed by atoms with Crippen molar-refractivity contribution in [1.82, 2.24) is 15.1 Å². The molecule has 1 aliphatic heterocycles. The first-order chi connectivity index (χ1) is 10.3. The first-order valence-electron chi connectivity index (χ1n) is 7.10. The van der Waals surface area contributed by atoms with Crippen LogP contribution in [-0.2, 0) is 4.79 Å². The third-order valence-electron chi connectivity index (χ3n) is 3.51. The summed E-state index contributed by atoms with van der Waals surface area (Å²) in [4.78, 5) is 24.8. The van der Waals surface area contributed by atoms with Crippen LogP contribution in [0.25, 0.3) is 0 Å². The Labute approximate surface area is 128 Å². The normalized spacial score (nSPS) is 21.0. The van der Waals surface area contributed by atoms with Crippen molar-refractivity contribution in [2.75, 3.05) is 18.4 Å². The van der Waals surface area contributed by atoms with Gasteiger partial charge in [0.05, 0.1) is 11.5 Å². The van der Waals surface area contributed by atoms with Crippen molar-refractivity contribution in [3.8, 4) is 5.88 Å². The third kappa shape index (κ3) is 3.63. The molecule has 1 fully saturated rings. The summed E-state index contributed by atoms with van der Waals surface area (Å²) in [5, 5.41) is 19.5. The van der Waals surface area contributed by atoms with Crippen molar-refractivity contribution >= 4 is 17.8 Å². The number of aliphatic carboxylic acids is 1. The van der Waals surface area contributed by atoms with E-state index in [1.54, 1.807) is 19.1 Å². The topological polar surface area (TPSA) is 105 Å². The van der Waals surface area contributed by atoms with E-state index in [0.717, 1.165) is 0 Å². The first-order valence-corrected chi connectivity index (χ1v) is 7.10. The molecule has 0 aromatic carbocycles. The second-order valence-electron chi connectivity index (χ2n) is 5.89. The molecule has 2 heterocycles. The number of amides is 2. The molecule has 8 heteroatoms. The molecule has 1 aromatic heterocycles. The van der Waals surface area contributed by atoms with Crippen LogP contribution in [0.15, 0.2) is 12.1 Å². The smallest absolute Gasteiger partial charge is 0.323 e. The van der Waals surface area contributed by atoms with Gasteiger partial charge in [-0.1, -0.05) is 0 Å². The zero-order chi connectivity index (χ0) is 16.3. The summed E-state index contributed by atoms with van der Waals surface area (Å²) in [6, 6.07) is 2.83. The summed E-state index contributed by atoms with van der Waals surface area (Å²) >= 11 is 0. The largest absolute Gasteiger partial charge is 0.481 e. The van der Waals surface area contributed by atoms with Crippen LogP contribution in [0, 0.1) is 5.41 Å². The molecule has 22 heavy (non-hydrogen) atoms. The van der Waals surface area contributed by atoms with Crippen LogP contribution in [0.3, 0.4) is 0 Å². The van der Waals surface area contributed by atoms with Crippen LogP contribution in [0.5, 0.6) is 5.88 Å². The first kappa shape index (κ1) is 16.0. The quantitative estimate of drug-likeness (QED) is 0.875. The lowest BCUT2D eigenvalue weighted by Gasteiger charge is -2.20. The van der Waals surface area contributed by atoms with Gasteiger partial charge in [-0.3, -0.25) is 10.1 Å². The van der Waals surface area contributed by atoms with Gasteiger partial charge in [0, 0.05) is 19.2 Å². The Balaban J connectivity index is 1.94. The Morgan fingerprint density at radius 3 is 2.64 bits per heavy atom. The zero-order valence-electron chi connectivity index (χ0n) is 12.9. The fraction of sp³-hybridized carbons (Fsp3) is 0.571. The highest BCUT2D eigenvalue weighted by Crippen LogP contribution is 2.30. The predicted octanol–water partition coefficient (Wildman–Crippen LogP) is 1.59. The van der Waals surface area contributed by atoms with Gasteiger partial charge in [0.15, 0.2) is 5.82 Å². The number of carbonyl (C=O) groups excluding carboxylic acids is 1. The van der Waals surface area contributed by atoms with Crippen LogP contribution in [-0.4, -0.2) is 51.4 Å². The molecular weight excluding hydrogens is 288 g/mol. The third-order valence-corrected chi connectivity index (χ3v) is 3.51. The molecule has 0 aliphatic carbocycles. The summed E-state index contributed by atoms with van der Waals surface area (Å²) in [5.41, 5.74) is -0.891. The minimum Gasteiger partial charge on any atom is -0.481 e. The molecule has 1 atom stereocenters. The highest BCUT2D eigenvalue weighted by atomic mass is 16.5. The van der Waals surface area contributed by atoms with E-state index in [9.17, 15) is 9.59 Å². The Hall–Kier alpha value is -2.38. The molecule has 8 nitrogen and oxygen atoms in total. The number of likely N-dealkylation sites (tertiary alicyclic amines) is 1. The molecule has 1 aliphatic rings. The maximum atomic E-state index is 12.1. The minimum absolute atomic E-state index is 0.00645. The van der Waals surface area contributed by atoms with Crippen molar-refractivity contribution in [1.29, 1.82) is 0 Å². The van der Waals surface area contributed by atoms with Crippen LogP contribution >= 0.6 is 0 Å². The molecule has 1 saturated heterocycles. The van der Waals surface area contributed by atoms with Crippen LogP contribution in [0.2, 0.25) is 0 Å². The summed E-state index contributed by atoms with van der Waals surface area (Å²) < 4.78 is 5.37. The molecule has 2 rings (SSSR count). The van der Waals surface area contributed by atoms with Gasteiger partial charge >= 0.3 is 12.0 Å². The van der Waals surface area contributed by atoms with E-state index < -0.39 is 11.4 Å². The van der Waals surface area contributed by atoms with E-state index >= 15 is 0 Å². The molecule has 2 N–H and O–H groups in total. The molecule has 1 aromatic rings. The number of nitrogens with zero attached hydrogens (tertiary/aromatic N) is 3. The maximum Gasteiger partial charge on any atom is 0.323 e. The minimum atomic E-state index is -0.891. The van der Waals surface area contributed by atoms with Crippen LogP contribution < -0.4 is 10.1 Å². The van der Waals surface area contributed by atoms with Crippen molar-refractivity contribution in [3.63, 3.8) is 0 Å². The number of hydrogen-bond acceptors (Lipinski definition) is 5. The zero-order valence-corrected chi connectivity index (χ0v) is 12.9. The van der Waals surface area contributed by atoms with Gasteiger partial charge in [-0.25, -0.2) is 4.79 Å². The van der Waals surface area contributed by atoms with Crippen molar-refractivity contribution in [3.05, 3.63) is 12.1 Å². The number of ether oxygens (including phenoxy) is 1. The van der Waals surface area contributed by atoms with E-state index in [1.807, 2.05) is 13.8 Å². The number of anilines is 1. The van der Waals surface area contributed by atoms with E-state index in [4.69, 9.17) is 9.84 Å². The Morgan fingerprint density at radius 1 is 1.41 bits per heavy atom. The number of carbonyl (C=O) groups is 2. The van der Waals surface area contributed by atoms with Crippen molar-refractivity contribution < 1.29 is 19.4 Å². The molecule has 0 radical (unpaired) electrons. The molecular formula is C14H20N4O4. The van der Waals surface area contributed by atoms with Gasteiger partial charge in [-0.15, -0.1) is 10.2 Å². The number of carboxylic acid groups (broad SMARTS) is 1. The number of aromatic nitrogens is 2. The predicted molar refractivity (Wildman–Crippen MR) is 78.7 cm³/mol. The second-order valence-corrected chi connectivity index (χ2v) is 5.89. The van der Waals surface area contributed by atoms with Gasteiger partial charge in [-0.05, 0) is 33.3 Å². The fourth-order valence-corrected chi connectivity index (χ4v) is 2.19. The Morgan fingerprint density at radius 2 is 2.14 bits per heavy atom. The fourth-order valence-electron chi connectivity index (χ4n) is 2.19. The van der Waals surface area contributed by atoms with Gasteiger partial charge < -0.3 is 14.7 Å². The highest BCUT2D eigenvalue weighted by Gasteiger charge is 2.42. The van der Waals surface area contributed by atoms with Crippen molar-refractivity contribution in [2.24, 2.45) is 5.41 Å². The molecule has 2 amide bonds. The number of nitrogens with one attached hydrogen (secondary N) is 1.